The first kappa shape index (κ1) is 13.8. The second-order valence-corrected chi connectivity index (χ2v) is 5.07. The Morgan fingerprint density at radius 1 is 1.24 bits per heavy atom. The van der Waals surface area contributed by atoms with Crippen LogP contribution in [0.1, 0.15) is 38.1 Å². The molecule has 0 unspecified atom stereocenters. The molecule has 1 rings (SSSR count). The fourth-order valence-electron chi connectivity index (χ4n) is 1.92. The van der Waals surface area contributed by atoms with Crippen molar-refractivity contribution in [2.75, 3.05) is 5.73 Å². The summed E-state index contributed by atoms with van der Waals surface area (Å²) < 4.78 is 0. The maximum Gasteiger partial charge on any atom is 0.256 e. The normalized spacial score (nSPS) is 11.0. The first-order valence-corrected chi connectivity index (χ1v) is 6.10. The van der Waals surface area contributed by atoms with Crippen molar-refractivity contribution in [1.29, 1.82) is 0 Å². The van der Waals surface area contributed by atoms with E-state index in [2.05, 4.69) is 0 Å². The van der Waals surface area contributed by atoms with Crippen molar-refractivity contribution < 1.29 is 4.79 Å². The molecule has 1 aromatic rings. The minimum Gasteiger partial charge on any atom is -0.398 e. The monoisotopic (exact) mass is 254 g/mol. The Labute approximate surface area is 108 Å². The van der Waals surface area contributed by atoms with E-state index >= 15 is 0 Å². The largest absolute Gasteiger partial charge is 0.398 e. The first-order chi connectivity index (χ1) is 7.84. The molecule has 17 heavy (non-hydrogen) atoms. The number of nitrogen functional groups attached to an aromatic ring is 1. The average molecular weight is 255 g/mol. The van der Waals surface area contributed by atoms with Gasteiger partial charge in [0.1, 0.15) is 0 Å². The maximum absolute atomic E-state index is 12.4. The van der Waals surface area contributed by atoms with Gasteiger partial charge >= 0.3 is 0 Å². The molecular weight excluding hydrogens is 236 g/mol. The number of benzene rings is 1. The van der Waals surface area contributed by atoms with Crippen LogP contribution in [-0.2, 0) is 0 Å². The molecule has 1 aromatic carbocycles. The number of carbonyl (C=O) groups excluding carboxylic acids is 1. The molecule has 0 aliphatic carbocycles. The van der Waals surface area contributed by atoms with Gasteiger partial charge in [-0.2, -0.15) is 0 Å². The maximum atomic E-state index is 12.4. The van der Waals surface area contributed by atoms with Gasteiger partial charge in [0.25, 0.3) is 5.91 Å². The lowest BCUT2D eigenvalue weighted by molar-refractivity contribution is 0.0645. The van der Waals surface area contributed by atoms with Crippen molar-refractivity contribution in [1.82, 2.24) is 4.90 Å². The highest BCUT2D eigenvalue weighted by Crippen LogP contribution is 2.21. The summed E-state index contributed by atoms with van der Waals surface area (Å²) in [5.41, 5.74) is 6.76. The third-order valence-corrected chi connectivity index (χ3v) is 2.83. The summed E-state index contributed by atoms with van der Waals surface area (Å²) in [4.78, 5) is 14.2. The van der Waals surface area contributed by atoms with Crippen LogP contribution in [0.2, 0.25) is 5.02 Å². The number of rotatable bonds is 3. The van der Waals surface area contributed by atoms with E-state index in [1.54, 1.807) is 23.1 Å². The van der Waals surface area contributed by atoms with Gasteiger partial charge < -0.3 is 10.6 Å². The van der Waals surface area contributed by atoms with Gasteiger partial charge in [0.05, 0.1) is 5.56 Å². The van der Waals surface area contributed by atoms with E-state index in [1.165, 1.54) is 0 Å². The molecule has 1 amide bonds. The van der Waals surface area contributed by atoms with Crippen molar-refractivity contribution in [3.63, 3.8) is 0 Å². The number of nitrogens with zero attached hydrogens (tertiary/aromatic N) is 1. The number of anilines is 1. The number of hydrogen-bond acceptors (Lipinski definition) is 2. The molecule has 0 spiro atoms. The summed E-state index contributed by atoms with van der Waals surface area (Å²) in [5.74, 6) is -0.0741. The van der Waals surface area contributed by atoms with Gasteiger partial charge in [-0.15, -0.1) is 0 Å². The number of halogens is 1. The van der Waals surface area contributed by atoms with Crippen LogP contribution in [0.15, 0.2) is 18.2 Å². The fraction of sp³-hybridized carbons (Fsp3) is 0.462. The molecular formula is C13H19ClN2O. The van der Waals surface area contributed by atoms with Crippen LogP contribution < -0.4 is 5.73 Å². The molecule has 0 saturated carbocycles. The third kappa shape index (κ3) is 3.13. The highest BCUT2D eigenvalue weighted by molar-refractivity contribution is 6.31. The minimum absolute atomic E-state index is 0.0741. The first-order valence-electron chi connectivity index (χ1n) is 5.72. The molecule has 0 atom stereocenters. The van der Waals surface area contributed by atoms with Crippen molar-refractivity contribution >= 4 is 23.2 Å². The lowest BCUT2D eigenvalue weighted by atomic mass is 10.1. The van der Waals surface area contributed by atoms with E-state index in [0.717, 1.165) is 0 Å². The van der Waals surface area contributed by atoms with Crippen LogP contribution in [0, 0.1) is 0 Å². The van der Waals surface area contributed by atoms with Crippen molar-refractivity contribution in [2.24, 2.45) is 0 Å². The number of nitrogens with two attached hydrogens (primary N) is 1. The van der Waals surface area contributed by atoms with Gasteiger partial charge in [0.2, 0.25) is 0 Å². The molecule has 0 aliphatic rings. The van der Waals surface area contributed by atoms with Gasteiger partial charge in [-0.3, -0.25) is 4.79 Å². The summed E-state index contributed by atoms with van der Waals surface area (Å²) in [6, 6.07) is 5.22. The zero-order valence-electron chi connectivity index (χ0n) is 10.7. The predicted octanol–water partition coefficient (Wildman–Crippen LogP) is 3.18. The quantitative estimate of drug-likeness (QED) is 0.842. The Balaban J connectivity index is 3.14. The molecule has 0 radical (unpaired) electrons. The fourth-order valence-corrected chi connectivity index (χ4v) is 2.09. The Morgan fingerprint density at radius 3 is 2.24 bits per heavy atom. The second-order valence-electron chi connectivity index (χ2n) is 4.63. The molecule has 0 aliphatic heterocycles. The smallest absolute Gasteiger partial charge is 0.256 e. The van der Waals surface area contributed by atoms with Crippen molar-refractivity contribution in [3.8, 4) is 0 Å². The van der Waals surface area contributed by atoms with Gasteiger partial charge in [-0.1, -0.05) is 11.6 Å². The standard InChI is InChI=1S/C13H19ClN2O/c1-8(2)16(9(3)4)13(17)11-7-10(14)5-6-12(11)15/h5-9H,15H2,1-4H3. The number of hydrogen-bond donors (Lipinski definition) is 1. The Bertz CT molecular complexity index is 408. The lowest BCUT2D eigenvalue weighted by Gasteiger charge is -2.31. The highest BCUT2D eigenvalue weighted by Gasteiger charge is 2.23. The number of amides is 1. The molecule has 94 valence electrons. The summed E-state index contributed by atoms with van der Waals surface area (Å²) in [6.45, 7) is 7.94. The van der Waals surface area contributed by atoms with E-state index in [4.69, 9.17) is 17.3 Å². The van der Waals surface area contributed by atoms with Crippen LogP contribution >= 0.6 is 11.6 Å². The van der Waals surface area contributed by atoms with Crippen LogP contribution in [0.25, 0.3) is 0 Å². The van der Waals surface area contributed by atoms with E-state index in [0.29, 0.717) is 16.3 Å². The Morgan fingerprint density at radius 2 is 1.76 bits per heavy atom. The van der Waals surface area contributed by atoms with E-state index in [-0.39, 0.29) is 18.0 Å². The van der Waals surface area contributed by atoms with Gasteiger partial charge in [-0.05, 0) is 45.9 Å². The summed E-state index contributed by atoms with van der Waals surface area (Å²) in [5, 5.41) is 0.523. The summed E-state index contributed by atoms with van der Waals surface area (Å²) in [7, 11) is 0. The van der Waals surface area contributed by atoms with Crippen LogP contribution in [0.3, 0.4) is 0 Å². The predicted molar refractivity (Wildman–Crippen MR) is 72.3 cm³/mol. The molecule has 0 saturated heterocycles. The Kier molecular flexibility index (Phi) is 4.40. The highest BCUT2D eigenvalue weighted by atomic mass is 35.5. The Hall–Kier alpha value is -1.22. The number of carbonyl (C=O) groups is 1. The van der Waals surface area contributed by atoms with Crippen LogP contribution in [0.4, 0.5) is 5.69 Å². The molecule has 0 heterocycles. The van der Waals surface area contributed by atoms with Gasteiger partial charge in [0, 0.05) is 22.8 Å². The third-order valence-electron chi connectivity index (χ3n) is 2.59. The van der Waals surface area contributed by atoms with E-state index in [1.807, 2.05) is 27.7 Å². The van der Waals surface area contributed by atoms with E-state index < -0.39 is 0 Å². The molecule has 0 fully saturated rings. The topological polar surface area (TPSA) is 46.3 Å². The SMILES string of the molecule is CC(C)N(C(=O)c1cc(Cl)ccc1N)C(C)C. The molecule has 0 bridgehead atoms. The lowest BCUT2D eigenvalue weighted by Crippen LogP contribution is -2.42. The van der Waals surface area contributed by atoms with Crippen molar-refractivity contribution in [3.05, 3.63) is 28.8 Å². The molecule has 0 aromatic heterocycles. The van der Waals surface area contributed by atoms with Gasteiger partial charge in [0.15, 0.2) is 0 Å². The van der Waals surface area contributed by atoms with Crippen molar-refractivity contribution in [2.45, 2.75) is 39.8 Å². The van der Waals surface area contributed by atoms with Gasteiger partial charge in [-0.25, -0.2) is 0 Å². The molecule has 2 N–H and O–H groups in total. The average Bonchev–Trinajstić information content (AvgIpc) is 2.20. The minimum atomic E-state index is -0.0741. The van der Waals surface area contributed by atoms with E-state index in [9.17, 15) is 4.79 Å². The summed E-state index contributed by atoms with van der Waals surface area (Å²) in [6.07, 6.45) is 0. The zero-order chi connectivity index (χ0) is 13.2. The zero-order valence-corrected chi connectivity index (χ0v) is 11.5. The molecule has 4 heteroatoms. The van der Waals surface area contributed by atoms with Crippen LogP contribution in [-0.4, -0.2) is 22.9 Å². The second kappa shape index (κ2) is 5.41. The molecule has 3 nitrogen and oxygen atoms in total. The summed E-state index contributed by atoms with van der Waals surface area (Å²) >= 11 is 5.90. The van der Waals surface area contributed by atoms with Crippen LogP contribution in [0.5, 0.6) is 0 Å².